The number of hydrogen-bond donors (Lipinski definition) is 2. The van der Waals surface area contributed by atoms with E-state index in [2.05, 4.69) is 10.6 Å². The largest absolute Gasteiger partial charge is 0.385 e. The standard InChI is InChI=1S/C13H17F2N3O2/c14-13(15)11-8-10(18(19)20)3-4-12(11)17-7-5-9-2-1-6-16-9/h3-4,8-9,13,16-17H,1-2,5-7H2. The molecular weight excluding hydrogens is 268 g/mol. The number of non-ortho nitro benzene ring substituents is 1. The maximum Gasteiger partial charge on any atom is 0.270 e. The van der Waals surface area contributed by atoms with Crippen molar-refractivity contribution in [3.05, 3.63) is 33.9 Å². The van der Waals surface area contributed by atoms with E-state index in [0.717, 1.165) is 31.9 Å². The minimum absolute atomic E-state index is 0.267. The molecule has 1 unspecified atom stereocenters. The third-order valence-corrected chi connectivity index (χ3v) is 3.45. The maximum absolute atomic E-state index is 12.9. The number of alkyl halides is 2. The van der Waals surface area contributed by atoms with E-state index in [1.54, 1.807) is 0 Å². The number of benzene rings is 1. The summed E-state index contributed by atoms with van der Waals surface area (Å²) in [5.74, 6) is 0. The van der Waals surface area contributed by atoms with Gasteiger partial charge >= 0.3 is 0 Å². The van der Waals surface area contributed by atoms with E-state index < -0.39 is 11.3 Å². The number of hydrogen-bond acceptors (Lipinski definition) is 4. The fourth-order valence-corrected chi connectivity index (χ4v) is 2.39. The second-order valence-electron chi connectivity index (χ2n) is 4.84. The van der Waals surface area contributed by atoms with E-state index in [4.69, 9.17) is 0 Å². The molecule has 1 aliphatic rings. The Labute approximate surface area is 115 Å². The average molecular weight is 285 g/mol. The average Bonchev–Trinajstić information content (AvgIpc) is 2.91. The van der Waals surface area contributed by atoms with Crippen molar-refractivity contribution >= 4 is 11.4 Å². The van der Waals surface area contributed by atoms with E-state index in [0.29, 0.717) is 12.6 Å². The zero-order valence-corrected chi connectivity index (χ0v) is 10.9. The number of rotatable bonds is 6. The Kier molecular flexibility index (Phi) is 4.84. The van der Waals surface area contributed by atoms with E-state index in [1.165, 1.54) is 12.1 Å². The molecule has 1 saturated heterocycles. The zero-order chi connectivity index (χ0) is 14.5. The van der Waals surface area contributed by atoms with Crippen LogP contribution in [0.25, 0.3) is 0 Å². The molecule has 0 aliphatic carbocycles. The first-order valence-corrected chi connectivity index (χ1v) is 6.61. The Morgan fingerprint density at radius 2 is 2.30 bits per heavy atom. The highest BCUT2D eigenvalue weighted by Gasteiger charge is 2.18. The van der Waals surface area contributed by atoms with Crippen LogP contribution in [-0.2, 0) is 0 Å². The summed E-state index contributed by atoms with van der Waals surface area (Å²) in [7, 11) is 0. The lowest BCUT2D eigenvalue weighted by Gasteiger charge is -2.14. The molecule has 5 nitrogen and oxygen atoms in total. The first-order valence-electron chi connectivity index (χ1n) is 6.61. The van der Waals surface area contributed by atoms with Crippen LogP contribution in [0.5, 0.6) is 0 Å². The van der Waals surface area contributed by atoms with Gasteiger partial charge in [-0.15, -0.1) is 0 Å². The smallest absolute Gasteiger partial charge is 0.270 e. The van der Waals surface area contributed by atoms with E-state index in [1.807, 2.05) is 0 Å². The van der Waals surface area contributed by atoms with Crippen molar-refractivity contribution in [2.45, 2.75) is 31.7 Å². The molecule has 1 atom stereocenters. The van der Waals surface area contributed by atoms with Gasteiger partial charge in [-0.05, 0) is 31.9 Å². The number of nitrogens with one attached hydrogen (secondary N) is 2. The van der Waals surface area contributed by atoms with Gasteiger partial charge in [0, 0.05) is 36.0 Å². The number of halogens is 2. The molecule has 0 bridgehead atoms. The molecule has 2 N–H and O–H groups in total. The Morgan fingerprint density at radius 1 is 1.50 bits per heavy atom. The van der Waals surface area contributed by atoms with Crippen LogP contribution in [0.1, 0.15) is 31.3 Å². The Morgan fingerprint density at radius 3 is 2.90 bits per heavy atom. The number of nitrogens with zero attached hydrogens (tertiary/aromatic N) is 1. The number of nitro benzene ring substituents is 1. The van der Waals surface area contributed by atoms with Crippen LogP contribution in [0.2, 0.25) is 0 Å². The molecule has 1 aromatic rings. The lowest BCUT2D eigenvalue weighted by atomic mass is 10.1. The van der Waals surface area contributed by atoms with Gasteiger partial charge < -0.3 is 10.6 Å². The van der Waals surface area contributed by atoms with Gasteiger partial charge in [0.15, 0.2) is 0 Å². The second kappa shape index (κ2) is 6.60. The summed E-state index contributed by atoms with van der Waals surface area (Å²) in [4.78, 5) is 9.94. The molecule has 0 amide bonds. The van der Waals surface area contributed by atoms with Gasteiger partial charge in [0.05, 0.1) is 4.92 Å². The van der Waals surface area contributed by atoms with Crippen molar-refractivity contribution in [3.63, 3.8) is 0 Å². The van der Waals surface area contributed by atoms with Crippen LogP contribution in [0.15, 0.2) is 18.2 Å². The Balaban J connectivity index is 2.00. The highest BCUT2D eigenvalue weighted by Crippen LogP contribution is 2.30. The molecule has 1 aliphatic heterocycles. The van der Waals surface area contributed by atoms with Crippen molar-refractivity contribution < 1.29 is 13.7 Å². The fourth-order valence-electron chi connectivity index (χ4n) is 2.39. The molecule has 20 heavy (non-hydrogen) atoms. The molecule has 0 aromatic heterocycles. The maximum atomic E-state index is 12.9. The predicted octanol–water partition coefficient (Wildman–Crippen LogP) is 3.09. The predicted molar refractivity (Wildman–Crippen MR) is 72.2 cm³/mol. The second-order valence-corrected chi connectivity index (χ2v) is 4.84. The monoisotopic (exact) mass is 285 g/mol. The van der Waals surface area contributed by atoms with Crippen molar-refractivity contribution in [1.82, 2.24) is 5.32 Å². The van der Waals surface area contributed by atoms with Crippen LogP contribution < -0.4 is 10.6 Å². The van der Waals surface area contributed by atoms with Gasteiger partial charge in [-0.3, -0.25) is 10.1 Å². The van der Waals surface area contributed by atoms with Crippen LogP contribution >= 0.6 is 0 Å². The SMILES string of the molecule is O=[N+]([O-])c1ccc(NCCC2CCCN2)c(C(F)F)c1. The lowest BCUT2D eigenvalue weighted by Crippen LogP contribution is -2.24. The highest BCUT2D eigenvalue weighted by molar-refractivity contribution is 5.56. The van der Waals surface area contributed by atoms with Crippen LogP contribution in [-0.4, -0.2) is 24.1 Å². The molecule has 1 aromatic carbocycles. The van der Waals surface area contributed by atoms with Crippen molar-refractivity contribution in [2.24, 2.45) is 0 Å². The summed E-state index contributed by atoms with van der Waals surface area (Å²) in [6.07, 6.45) is 0.357. The van der Waals surface area contributed by atoms with Gasteiger partial charge in [-0.2, -0.15) is 0 Å². The van der Waals surface area contributed by atoms with Crippen LogP contribution in [0.3, 0.4) is 0 Å². The van der Waals surface area contributed by atoms with Crippen LogP contribution in [0, 0.1) is 10.1 Å². The van der Waals surface area contributed by atoms with Crippen molar-refractivity contribution in [3.8, 4) is 0 Å². The molecule has 0 radical (unpaired) electrons. The van der Waals surface area contributed by atoms with E-state index in [9.17, 15) is 18.9 Å². The summed E-state index contributed by atoms with van der Waals surface area (Å²) >= 11 is 0. The van der Waals surface area contributed by atoms with Gasteiger partial charge in [-0.1, -0.05) is 0 Å². The summed E-state index contributed by atoms with van der Waals surface area (Å²) < 4.78 is 25.8. The Hall–Kier alpha value is -1.76. The van der Waals surface area contributed by atoms with Crippen molar-refractivity contribution in [1.29, 1.82) is 0 Å². The third kappa shape index (κ3) is 3.63. The van der Waals surface area contributed by atoms with Gasteiger partial charge in [0.25, 0.3) is 12.1 Å². The third-order valence-electron chi connectivity index (χ3n) is 3.45. The molecular formula is C13H17F2N3O2. The molecule has 0 spiro atoms. The highest BCUT2D eigenvalue weighted by atomic mass is 19.3. The summed E-state index contributed by atoms with van der Waals surface area (Å²) in [5.41, 5.74) is -0.370. The molecule has 0 saturated carbocycles. The van der Waals surface area contributed by atoms with Gasteiger partial charge in [0.2, 0.25) is 0 Å². The van der Waals surface area contributed by atoms with Gasteiger partial charge in [-0.25, -0.2) is 8.78 Å². The molecule has 1 heterocycles. The molecule has 7 heteroatoms. The normalized spacial score (nSPS) is 18.4. The lowest BCUT2D eigenvalue weighted by molar-refractivity contribution is -0.385. The quantitative estimate of drug-likeness (QED) is 0.622. The topological polar surface area (TPSA) is 67.2 Å². The summed E-state index contributed by atoms with van der Waals surface area (Å²) in [5, 5.41) is 16.9. The zero-order valence-electron chi connectivity index (χ0n) is 10.9. The van der Waals surface area contributed by atoms with E-state index in [-0.39, 0.29) is 16.9 Å². The molecule has 2 rings (SSSR count). The van der Waals surface area contributed by atoms with E-state index >= 15 is 0 Å². The first kappa shape index (κ1) is 14.6. The summed E-state index contributed by atoms with van der Waals surface area (Å²) in [6, 6.07) is 3.94. The minimum Gasteiger partial charge on any atom is -0.385 e. The van der Waals surface area contributed by atoms with Gasteiger partial charge in [0.1, 0.15) is 0 Å². The first-order chi connectivity index (χ1) is 9.58. The number of nitro groups is 1. The number of anilines is 1. The summed E-state index contributed by atoms with van der Waals surface area (Å²) in [6.45, 7) is 1.57. The molecule has 110 valence electrons. The fraction of sp³-hybridized carbons (Fsp3) is 0.538. The Bertz CT molecular complexity index is 477. The minimum atomic E-state index is -2.73. The van der Waals surface area contributed by atoms with Crippen molar-refractivity contribution in [2.75, 3.05) is 18.4 Å². The van der Waals surface area contributed by atoms with Crippen LogP contribution in [0.4, 0.5) is 20.2 Å². The molecule has 1 fully saturated rings.